The zero-order chi connectivity index (χ0) is 7.40. The summed E-state index contributed by atoms with van der Waals surface area (Å²) in [5, 5.41) is 0. The van der Waals surface area contributed by atoms with Crippen LogP contribution in [-0.4, -0.2) is 0 Å². The van der Waals surface area contributed by atoms with Crippen molar-refractivity contribution < 1.29 is 18.1 Å². The Morgan fingerprint density at radius 1 is 1.27 bits per heavy atom. The molecule has 0 spiro atoms. The van der Waals surface area contributed by atoms with Gasteiger partial charge in [0, 0.05) is 5.56 Å². The van der Waals surface area contributed by atoms with Gasteiger partial charge in [-0.2, -0.15) is 0 Å². The monoisotopic (exact) mass is 168 g/mol. The van der Waals surface area contributed by atoms with E-state index in [2.05, 4.69) is 10.6 Å². The van der Waals surface area contributed by atoms with Gasteiger partial charge in [0.2, 0.25) is 0 Å². The van der Waals surface area contributed by atoms with E-state index < -0.39 is 0 Å². The van der Waals surface area contributed by atoms with Gasteiger partial charge in [-0.05, 0) is 0 Å². The third-order valence-electron chi connectivity index (χ3n) is 1.35. The average molecular weight is 169 g/mol. The molecule has 0 aliphatic rings. The molecule has 0 aromatic heterocycles. The highest BCUT2D eigenvalue weighted by atomic mass is 35.5. The summed E-state index contributed by atoms with van der Waals surface area (Å²) >= 11 is 0. The second kappa shape index (κ2) is 4.73. The Balaban J connectivity index is 0.000001000. The fourth-order valence-electron chi connectivity index (χ4n) is 0.737. The van der Waals surface area contributed by atoms with Gasteiger partial charge < -0.3 is 18.1 Å². The van der Waals surface area contributed by atoms with Gasteiger partial charge in [0.25, 0.3) is 0 Å². The lowest BCUT2D eigenvalue weighted by Gasteiger charge is -1.91. The Hall–Kier alpha value is -1.04. The first-order valence-corrected chi connectivity index (χ1v) is 3.12. The van der Waals surface area contributed by atoms with Crippen molar-refractivity contribution in [3.05, 3.63) is 41.2 Å². The molecule has 2 nitrogen and oxygen atoms in total. The highest BCUT2D eigenvalue weighted by molar-refractivity contribution is 5.45. The number of benzene rings is 1. The zero-order valence-electron chi connectivity index (χ0n) is 6.05. The molecule has 0 radical (unpaired) electrons. The molecule has 1 aromatic rings. The van der Waals surface area contributed by atoms with Crippen molar-refractivity contribution in [2.45, 2.75) is 6.54 Å². The molecule has 0 saturated carbocycles. The molecular formula is C8H9ClN2. The van der Waals surface area contributed by atoms with E-state index in [-0.39, 0.29) is 12.4 Å². The van der Waals surface area contributed by atoms with Crippen LogP contribution in [0, 0.1) is 6.57 Å². The van der Waals surface area contributed by atoms with Crippen molar-refractivity contribution in [3.63, 3.8) is 0 Å². The lowest BCUT2D eigenvalue weighted by atomic mass is 10.2. The maximum atomic E-state index is 6.68. The predicted octanol–water partition coefficient (Wildman–Crippen LogP) is -2.02. The molecule has 58 valence electrons. The van der Waals surface area contributed by atoms with E-state index in [9.17, 15) is 0 Å². The highest BCUT2D eigenvalue weighted by Crippen LogP contribution is 2.11. The van der Waals surface area contributed by atoms with E-state index in [4.69, 9.17) is 6.57 Å². The molecule has 3 heteroatoms. The SMILES string of the molecule is [C-]#[N+]c1ccc(C[NH3+])cc1.[Cl-]. The van der Waals surface area contributed by atoms with Crippen molar-refractivity contribution in [2.24, 2.45) is 0 Å². The second-order valence-electron chi connectivity index (χ2n) is 2.03. The first-order valence-electron chi connectivity index (χ1n) is 3.12. The molecule has 0 aliphatic heterocycles. The number of quaternary nitrogens is 1. The van der Waals surface area contributed by atoms with Gasteiger partial charge in [0.1, 0.15) is 0 Å². The van der Waals surface area contributed by atoms with Gasteiger partial charge in [-0.3, -0.25) is 0 Å². The van der Waals surface area contributed by atoms with Crippen molar-refractivity contribution in [2.75, 3.05) is 0 Å². The first kappa shape index (κ1) is 9.96. The molecule has 0 bridgehead atoms. The van der Waals surface area contributed by atoms with E-state index in [0.717, 1.165) is 6.54 Å². The minimum Gasteiger partial charge on any atom is -1.00 e. The Morgan fingerprint density at radius 2 is 1.82 bits per heavy atom. The van der Waals surface area contributed by atoms with Gasteiger partial charge in [0.05, 0.1) is 13.1 Å². The molecule has 0 atom stereocenters. The van der Waals surface area contributed by atoms with Crippen LogP contribution in [-0.2, 0) is 6.54 Å². The summed E-state index contributed by atoms with van der Waals surface area (Å²) in [4.78, 5) is 3.28. The summed E-state index contributed by atoms with van der Waals surface area (Å²) in [7, 11) is 0. The average Bonchev–Trinajstić information content (AvgIpc) is 2.05. The Bertz CT molecular complexity index is 248. The van der Waals surface area contributed by atoms with Gasteiger partial charge in [-0.15, -0.1) is 0 Å². The molecule has 11 heavy (non-hydrogen) atoms. The maximum absolute atomic E-state index is 6.68. The Morgan fingerprint density at radius 3 is 2.18 bits per heavy atom. The van der Waals surface area contributed by atoms with E-state index in [0.29, 0.717) is 5.69 Å². The molecule has 0 fully saturated rings. The molecular weight excluding hydrogens is 160 g/mol. The third-order valence-corrected chi connectivity index (χ3v) is 1.35. The molecule has 0 heterocycles. The Kier molecular flexibility index (Phi) is 4.28. The molecule has 1 rings (SSSR count). The molecule has 3 N–H and O–H groups in total. The summed E-state index contributed by atoms with van der Waals surface area (Å²) in [5.41, 5.74) is 5.60. The summed E-state index contributed by atoms with van der Waals surface area (Å²) in [6.45, 7) is 7.47. The number of hydrogen-bond donors (Lipinski definition) is 1. The quantitative estimate of drug-likeness (QED) is 0.470. The molecule has 1 aromatic carbocycles. The van der Waals surface area contributed by atoms with E-state index in [1.807, 2.05) is 24.3 Å². The number of rotatable bonds is 1. The summed E-state index contributed by atoms with van der Waals surface area (Å²) < 4.78 is 0. The standard InChI is InChI=1S/C8H8N2.ClH/c1-10-8-4-2-7(6-9)3-5-8;/h2-5H,6,9H2;1H. The fraction of sp³-hybridized carbons (Fsp3) is 0.125. The van der Waals surface area contributed by atoms with E-state index in [1.54, 1.807) is 0 Å². The lowest BCUT2D eigenvalue weighted by molar-refractivity contribution is -0.386. The third kappa shape index (κ3) is 2.58. The van der Waals surface area contributed by atoms with E-state index >= 15 is 0 Å². The molecule has 0 saturated heterocycles. The van der Waals surface area contributed by atoms with Crippen LogP contribution >= 0.6 is 0 Å². The lowest BCUT2D eigenvalue weighted by Crippen LogP contribution is -3.00. The largest absolute Gasteiger partial charge is 1.00 e. The molecule has 0 unspecified atom stereocenters. The van der Waals surface area contributed by atoms with Gasteiger partial charge in [-0.25, -0.2) is 4.85 Å². The van der Waals surface area contributed by atoms with Crippen LogP contribution in [0.3, 0.4) is 0 Å². The van der Waals surface area contributed by atoms with Crippen LogP contribution in [0.4, 0.5) is 5.69 Å². The van der Waals surface area contributed by atoms with Crippen molar-refractivity contribution in [3.8, 4) is 0 Å². The number of hydrogen-bond acceptors (Lipinski definition) is 0. The van der Waals surface area contributed by atoms with Crippen molar-refractivity contribution >= 4 is 5.69 Å². The minimum absolute atomic E-state index is 0. The van der Waals surface area contributed by atoms with Crippen molar-refractivity contribution in [1.82, 2.24) is 0 Å². The Labute approximate surface area is 72.3 Å². The van der Waals surface area contributed by atoms with Gasteiger partial charge >= 0.3 is 0 Å². The van der Waals surface area contributed by atoms with Crippen molar-refractivity contribution in [1.29, 1.82) is 0 Å². The van der Waals surface area contributed by atoms with Crippen LogP contribution in [0.1, 0.15) is 5.56 Å². The smallest absolute Gasteiger partial charge is 0.187 e. The van der Waals surface area contributed by atoms with Crippen LogP contribution < -0.4 is 18.1 Å². The van der Waals surface area contributed by atoms with Crippen LogP contribution in [0.2, 0.25) is 0 Å². The first-order chi connectivity index (χ1) is 4.86. The normalized spacial score (nSPS) is 8.00. The topological polar surface area (TPSA) is 32.0 Å². The zero-order valence-corrected chi connectivity index (χ0v) is 6.80. The molecule has 0 aliphatic carbocycles. The van der Waals surface area contributed by atoms with E-state index in [1.165, 1.54) is 5.56 Å². The number of nitrogens with zero attached hydrogens (tertiary/aromatic N) is 1. The second-order valence-corrected chi connectivity index (χ2v) is 2.03. The summed E-state index contributed by atoms with van der Waals surface area (Å²) in [5.74, 6) is 0. The maximum Gasteiger partial charge on any atom is 0.187 e. The minimum atomic E-state index is 0. The summed E-state index contributed by atoms with van der Waals surface area (Å²) in [6, 6.07) is 7.49. The van der Waals surface area contributed by atoms with Crippen LogP contribution in [0.15, 0.2) is 24.3 Å². The molecule has 0 amide bonds. The fourth-order valence-corrected chi connectivity index (χ4v) is 0.737. The van der Waals surface area contributed by atoms with Crippen LogP contribution in [0.5, 0.6) is 0 Å². The van der Waals surface area contributed by atoms with Crippen LogP contribution in [0.25, 0.3) is 4.85 Å². The van der Waals surface area contributed by atoms with Gasteiger partial charge in [-0.1, -0.05) is 24.3 Å². The highest BCUT2D eigenvalue weighted by Gasteiger charge is 1.90. The van der Waals surface area contributed by atoms with Gasteiger partial charge in [0.15, 0.2) is 5.69 Å². The number of halogens is 1. The summed E-state index contributed by atoms with van der Waals surface area (Å²) in [6.07, 6.45) is 0. The predicted molar refractivity (Wildman–Crippen MR) is 39.3 cm³/mol.